The van der Waals surface area contributed by atoms with Gasteiger partial charge in [0, 0.05) is 43.8 Å². The molecule has 2 aromatic carbocycles. The number of piperazine rings is 1. The number of hydrogen-bond donors (Lipinski definition) is 0. The molecule has 1 aliphatic rings. The SMILES string of the molecule is Cc1cc(OCC(=O)N2CCN(Cc3ccc(Cl)cc3)CC2)c([N+](=O)[O-])cc1Cl. The van der Waals surface area contributed by atoms with Gasteiger partial charge in [0.25, 0.3) is 5.91 Å². The van der Waals surface area contributed by atoms with E-state index in [2.05, 4.69) is 4.90 Å². The molecule has 0 aromatic heterocycles. The van der Waals surface area contributed by atoms with Crippen molar-refractivity contribution in [1.82, 2.24) is 9.80 Å². The molecule has 9 heteroatoms. The molecule has 0 aliphatic carbocycles. The van der Waals surface area contributed by atoms with Crippen molar-refractivity contribution in [2.24, 2.45) is 0 Å². The maximum atomic E-state index is 12.5. The molecule has 0 saturated carbocycles. The van der Waals surface area contributed by atoms with Crippen LogP contribution in [0.4, 0.5) is 5.69 Å². The quantitative estimate of drug-likeness (QED) is 0.505. The van der Waals surface area contributed by atoms with Crippen LogP contribution >= 0.6 is 23.2 Å². The number of nitro benzene ring substituents is 1. The van der Waals surface area contributed by atoms with Crippen molar-refractivity contribution in [3.63, 3.8) is 0 Å². The van der Waals surface area contributed by atoms with E-state index in [9.17, 15) is 14.9 Å². The molecule has 2 aromatic rings. The molecule has 3 rings (SSSR count). The van der Waals surface area contributed by atoms with E-state index in [1.54, 1.807) is 11.8 Å². The summed E-state index contributed by atoms with van der Waals surface area (Å²) in [4.78, 5) is 27.1. The predicted octanol–water partition coefficient (Wildman–Crippen LogP) is 3.93. The molecule has 1 amide bonds. The van der Waals surface area contributed by atoms with Crippen molar-refractivity contribution < 1.29 is 14.5 Å². The second kappa shape index (κ2) is 9.43. The fraction of sp³-hybridized carbons (Fsp3) is 0.350. The van der Waals surface area contributed by atoms with Gasteiger partial charge in [0.1, 0.15) is 0 Å². The smallest absolute Gasteiger partial charge is 0.312 e. The number of ether oxygens (including phenoxy) is 1. The van der Waals surface area contributed by atoms with Crippen LogP contribution in [-0.4, -0.2) is 53.4 Å². The monoisotopic (exact) mass is 437 g/mol. The summed E-state index contributed by atoms with van der Waals surface area (Å²) in [6, 6.07) is 10.4. The van der Waals surface area contributed by atoms with Gasteiger partial charge in [-0.25, -0.2) is 0 Å². The van der Waals surface area contributed by atoms with Gasteiger partial charge in [0.2, 0.25) is 0 Å². The second-order valence-electron chi connectivity index (χ2n) is 6.90. The zero-order valence-electron chi connectivity index (χ0n) is 15.9. The van der Waals surface area contributed by atoms with E-state index >= 15 is 0 Å². The summed E-state index contributed by atoms with van der Waals surface area (Å²) in [6.45, 7) is 4.92. The fourth-order valence-corrected chi connectivity index (χ4v) is 3.42. The summed E-state index contributed by atoms with van der Waals surface area (Å²) in [5, 5.41) is 12.2. The number of aryl methyl sites for hydroxylation is 1. The Morgan fingerprint density at radius 3 is 2.41 bits per heavy atom. The Kier molecular flexibility index (Phi) is 6.95. The van der Waals surface area contributed by atoms with Crippen molar-refractivity contribution in [2.75, 3.05) is 32.8 Å². The van der Waals surface area contributed by atoms with Crippen LogP contribution in [0.2, 0.25) is 10.0 Å². The van der Waals surface area contributed by atoms with Crippen LogP contribution in [0.15, 0.2) is 36.4 Å². The van der Waals surface area contributed by atoms with Crippen molar-refractivity contribution >= 4 is 34.8 Å². The van der Waals surface area contributed by atoms with Crippen LogP contribution in [0.5, 0.6) is 5.75 Å². The molecule has 29 heavy (non-hydrogen) atoms. The van der Waals surface area contributed by atoms with Crippen LogP contribution in [-0.2, 0) is 11.3 Å². The second-order valence-corrected chi connectivity index (χ2v) is 7.74. The third-order valence-corrected chi connectivity index (χ3v) is 5.49. The van der Waals surface area contributed by atoms with Gasteiger partial charge in [-0.05, 0) is 36.2 Å². The van der Waals surface area contributed by atoms with Crippen LogP contribution in [0.1, 0.15) is 11.1 Å². The molecule has 154 valence electrons. The molecule has 1 fully saturated rings. The molecule has 0 radical (unpaired) electrons. The normalized spacial score (nSPS) is 14.7. The highest BCUT2D eigenvalue weighted by Crippen LogP contribution is 2.32. The van der Waals surface area contributed by atoms with Crippen LogP contribution < -0.4 is 4.74 Å². The lowest BCUT2D eigenvalue weighted by atomic mass is 10.2. The third kappa shape index (κ3) is 5.59. The zero-order valence-corrected chi connectivity index (χ0v) is 17.4. The van der Waals surface area contributed by atoms with Crippen LogP contribution in [0, 0.1) is 17.0 Å². The summed E-state index contributed by atoms with van der Waals surface area (Å²) in [5.74, 6) is -0.148. The zero-order chi connectivity index (χ0) is 21.0. The van der Waals surface area contributed by atoms with Crippen molar-refractivity contribution in [3.05, 3.63) is 67.7 Å². The van der Waals surface area contributed by atoms with E-state index in [1.807, 2.05) is 24.3 Å². The number of amides is 1. The highest BCUT2D eigenvalue weighted by molar-refractivity contribution is 6.31. The van der Waals surface area contributed by atoms with Crippen molar-refractivity contribution in [3.8, 4) is 5.75 Å². The standard InChI is InChI=1S/C20H21Cl2N3O4/c1-14-10-19(18(25(27)28)11-17(14)22)29-13-20(26)24-8-6-23(7-9-24)12-15-2-4-16(21)5-3-15/h2-5,10-11H,6-9,12-13H2,1H3. The van der Waals surface area contributed by atoms with Gasteiger partial charge in [0.05, 0.1) is 9.95 Å². The predicted molar refractivity (Wildman–Crippen MR) is 112 cm³/mol. The molecule has 1 heterocycles. The summed E-state index contributed by atoms with van der Waals surface area (Å²) < 4.78 is 5.47. The Labute approximate surface area is 178 Å². The lowest BCUT2D eigenvalue weighted by molar-refractivity contribution is -0.385. The topological polar surface area (TPSA) is 75.9 Å². The third-order valence-electron chi connectivity index (χ3n) is 4.83. The van der Waals surface area contributed by atoms with E-state index < -0.39 is 4.92 Å². The Bertz CT molecular complexity index is 897. The van der Waals surface area contributed by atoms with Gasteiger partial charge in [-0.15, -0.1) is 0 Å². The highest BCUT2D eigenvalue weighted by atomic mass is 35.5. The van der Waals surface area contributed by atoms with Gasteiger partial charge in [0.15, 0.2) is 12.4 Å². The Hall–Kier alpha value is -2.35. The fourth-order valence-electron chi connectivity index (χ4n) is 3.14. The van der Waals surface area contributed by atoms with E-state index in [0.29, 0.717) is 23.7 Å². The van der Waals surface area contributed by atoms with E-state index in [1.165, 1.54) is 17.7 Å². The minimum absolute atomic E-state index is 0.0478. The molecule has 0 N–H and O–H groups in total. The van der Waals surface area contributed by atoms with Gasteiger partial charge >= 0.3 is 5.69 Å². The molecular formula is C20H21Cl2N3O4. The molecule has 7 nitrogen and oxygen atoms in total. The largest absolute Gasteiger partial charge is 0.477 e. The minimum atomic E-state index is -0.569. The number of nitro groups is 1. The number of benzene rings is 2. The number of carbonyl (C=O) groups is 1. The molecule has 0 unspecified atom stereocenters. The van der Waals surface area contributed by atoms with E-state index in [4.69, 9.17) is 27.9 Å². The number of carbonyl (C=O) groups excluding carboxylic acids is 1. The first-order valence-electron chi connectivity index (χ1n) is 9.15. The summed E-state index contributed by atoms with van der Waals surface area (Å²) in [5.41, 5.74) is 1.57. The van der Waals surface area contributed by atoms with Gasteiger partial charge < -0.3 is 9.64 Å². The van der Waals surface area contributed by atoms with Crippen LogP contribution in [0.3, 0.4) is 0 Å². The first-order chi connectivity index (χ1) is 13.8. The lowest BCUT2D eigenvalue weighted by Gasteiger charge is -2.34. The maximum Gasteiger partial charge on any atom is 0.312 e. The number of nitrogens with zero attached hydrogens (tertiary/aromatic N) is 3. The van der Waals surface area contributed by atoms with Gasteiger partial charge in [-0.2, -0.15) is 0 Å². The lowest BCUT2D eigenvalue weighted by Crippen LogP contribution is -2.49. The summed E-state index contributed by atoms with van der Waals surface area (Å²) >= 11 is 11.9. The Morgan fingerprint density at radius 2 is 1.79 bits per heavy atom. The molecule has 1 aliphatic heterocycles. The molecule has 1 saturated heterocycles. The first kappa shape index (κ1) is 21.4. The van der Waals surface area contributed by atoms with Crippen LogP contribution in [0.25, 0.3) is 0 Å². The first-order valence-corrected chi connectivity index (χ1v) is 9.91. The van der Waals surface area contributed by atoms with Gasteiger partial charge in [-0.1, -0.05) is 35.3 Å². The minimum Gasteiger partial charge on any atom is -0.477 e. The number of hydrogen-bond acceptors (Lipinski definition) is 5. The molecule has 0 spiro atoms. The molecule has 0 atom stereocenters. The Morgan fingerprint density at radius 1 is 1.14 bits per heavy atom. The van der Waals surface area contributed by atoms with Crippen molar-refractivity contribution in [1.29, 1.82) is 0 Å². The van der Waals surface area contributed by atoms with Crippen molar-refractivity contribution in [2.45, 2.75) is 13.5 Å². The average Bonchev–Trinajstić information content (AvgIpc) is 2.70. The number of rotatable bonds is 6. The highest BCUT2D eigenvalue weighted by Gasteiger charge is 2.23. The summed E-state index contributed by atoms with van der Waals surface area (Å²) in [6.07, 6.45) is 0. The Balaban J connectivity index is 1.52. The average molecular weight is 438 g/mol. The summed E-state index contributed by atoms with van der Waals surface area (Å²) in [7, 11) is 0. The maximum absolute atomic E-state index is 12.5. The van der Waals surface area contributed by atoms with E-state index in [0.717, 1.165) is 19.6 Å². The molecular weight excluding hydrogens is 417 g/mol. The number of halogens is 2. The van der Waals surface area contributed by atoms with E-state index in [-0.39, 0.29) is 29.0 Å². The van der Waals surface area contributed by atoms with Gasteiger partial charge in [-0.3, -0.25) is 19.8 Å². The molecule has 0 bridgehead atoms.